The Morgan fingerprint density at radius 2 is 1.84 bits per heavy atom. The number of carbonyl (C=O) groups is 2. The summed E-state index contributed by atoms with van der Waals surface area (Å²) < 4.78 is 10.2. The fourth-order valence-electron chi connectivity index (χ4n) is 2.90. The van der Waals surface area contributed by atoms with Crippen LogP contribution in [0.2, 0.25) is 5.02 Å². The summed E-state index contributed by atoms with van der Waals surface area (Å²) in [5, 5.41) is 2.93. The van der Waals surface area contributed by atoms with E-state index in [1.807, 2.05) is 31.2 Å². The summed E-state index contributed by atoms with van der Waals surface area (Å²) in [6, 6.07) is 7.08. The van der Waals surface area contributed by atoms with E-state index in [0.29, 0.717) is 11.6 Å². The van der Waals surface area contributed by atoms with Gasteiger partial charge in [-0.3, -0.25) is 10.1 Å². The highest BCUT2D eigenvalue weighted by atomic mass is 35.5. The van der Waals surface area contributed by atoms with Gasteiger partial charge in [0.15, 0.2) is 6.04 Å². The quantitative estimate of drug-likeness (QED) is 0.585. The molecule has 1 aliphatic heterocycles. The van der Waals surface area contributed by atoms with Gasteiger partial charge in [0.1, 0.15) is 45.1 Å². The highest BCUT2D eigenvalue weighted by molar-refractivity contribution is 6.30. The molecular weight excluding hydrogens is 346 g/mol. The normalized spacial score (nSPS) is 21.2. The number of benzene rings is 1. The molecule has 1 fully saturated rings. The number of carbonyl (C=O) groups excluding carboxylic acids is 2. The minimum absolute atomic E-state index is 0.272. The Morgan fingerprint density at radius 3 is 2.44 bits per heavy atom. The number of quaternary nitrogens is 2. The lowest BCUT2D eigenvalue weighted by Crippen LogP contribution is -3.30. The molecule has 0 aliphatic carbocycles. The summed E-state index contributed by atoms with van der Waals surface area (Å²) in [6.07, 6.45) is -0.708. The third kappa shape index (κ3) is 6.19. The van der Waals surface area contributed by atoms with Crippen molar-refractivity contribution >= 4 is 23.6 Å². The van der Waals surface area contributed by atoms with Gasteiger partial charge < -0.3 is 19.3 Å². The molecule has 1 atom stereocenters. The molecule has 7 nitrogen and oxygen atoms in total. The maximum atomic E-state index is 12.0. The average molecular weight is 372 g/mol. The van der Waals surface area contributed by atoms with Crippen LogP contribution in [0.5, 0.6) is 5.75 Å². The molecule has 2 rings (SSSR count). The number of ether oxygens (including phenoxy) is 2. The summed E-state index contributed by atoms with van der Waals surface area (Å²) in [5.41, 5.74) is 0. The molecular formula is C17H26ClN3O4+2. The number of alkyl carbamates (subject to hydrolysis) is 1. The molecule has 138 valence electrons. The fourth-order valence-corrected chi connectivity index (χ4v) is 3.02. The smallest absolute Gasteiger partial charge is 0.413 e. The van der Waals surface area contributed by atoms with Crippen molar-refractivity contribution in [2.45, 2.75) is 13.0 Å². The first-order valence-corrected chi connectivity index (χ1v) is 8.82. The van der Waals surface area contributed by atoms with Crippen LogP contribution in [-0.4, -0.2) is 64.5 Å². The minimum atomic E-state index is -0.708. The maximum Gasteiger partial charge on any atom is 0.413 e. The van der Waals surface area contributed by atoms with Gasteiger partial charge in [0.05, 0.1) is 7.11 Å². The molecule has 1 aromatic rings. The molecule has 1 aliphatic rings. The molecule has 1 saturated heterocycles. The molecule has 0 unspecified atom stereocenters. The predicted octanol–water partition coefficient (Wildman–Crippen LogP) is -1.23. The molecule has 0 bridgehead atoms. The number of hydrogen-bond donors (Lipinski definition) is 3. The number of hydrogen-bond acceptors (Lipinski definition) is 4. The molecule has 1 heterocycles. The third-order valence-corrected chi connectivity index (χ3v) is 4.81. The summed E-state index contributed by atoms with van der Waals surface area (Å²) in [6.45, 7) is 7.09. The van der Waals surface area contributed by atoms with Crippen molar-refractivity contribution in [3.8, 4) is 5.75 Å². The molecule has 0 spiro atoms. The third-order valence-electron chi connectivity index (χ3n) is 4.55. The standard InChI is InChI=1S/C17H24ClN3O4/c1-13(16(22)19-17(23)24-2)21-9-7-20(8-10-21)11-12-25-15-5-3-14(18)4-6-15/h3-6,13H,7-12H2,1-2H3,(H,19,22,23)/p+2/t13-/m0/s1. The summed E-state index contributed by atoms with van der Waals surface area (Å²) in [5.74, 6) is 0.525. The van der Waals surface area contributed by atoms with E-state index in [-0.39, 0.29) is 11.9 Å². The van der Waals surface area contributed by atoms with Crippen molar-refractivity contribution in [2.75, 3.05) is 46.4 Å². The van der Waals surface area contributed by atoms with Crippen molar-refractivity contribution in [1.29, 1.82) is 0 Å². The highest BCUT2D eigenvalue weighted by Crippen LogP contribution is 2.14. The molecule has 8 heteroatoms. The van der Waals surface area contributed by atoms with Crippen LogP contribution in [0.15, 0.2) is 24.3 Å². The van der Waals surface area contributed by atoms with Gasteiger partial charge in [-0.1, -0.05) is 11.6 Å². The van der Waals surface area contributed by atoms with Crippen LogP contribution in [0.4, 0.5) is 4.79 Å². The van der Waals surface area contributed by atoms with Gasteiger partial charge in [-0.25, -0.2) is 4.79 Å². The summed E-state index contributed by atoms with van der Waals surface area (Å²) in [7, 11) is 1.24. The van der Waals surface area contributed by atoms with Gasteiger partial charge in [0.25, 0.3) is 5.91 Å². The average Bonchev–Trinajstić information content (AvgIpc) is 2.63. The Bertz CT molecular complexity index is 574. The number of imide groups is 1. The largest absolute Gasteiger partial charge is 0.488 e. The van der Waals surface area contributed by atoms with E-state index in [4.69, 9.17) is 16.3 Å². The highest BCUT2D eigenvalue weighted by Gasteiger charge is 2.31. The molecule has 2 amide bonds. The molecule has 0 saturated carbocycles. The second kappa shape index (κ2) is 9.60. The first-order valence-electron chi connectivity index (χ1n) is 8.45. The first-order chi connectivity index (χ1) is 12.0. The van der Waals surface area contributed by atoms with E-state index < -0.39 is 6.09 Å². The van der Waals surface area contributed by atoms with E-state index in [0.717, 1.165) is 38.5 Å². The van der Waals surface area contributed by atoms with Crippen LogP contribution in [-0.2, 0) is 9.53 Å². The molecule has 1 aromatic carbocycles. The monoisotopic (exact) mass is 371 g/mol. The van der Waals surface area contributed by atoms with Crippen LogP contribution >= 0.6 is 11.6 Å². The van der Waals surface area contributed by atoms with Gasteiger partial charge in [-0.05, 0) is 31.2 Å². The number of amides is 2. The zero-order chi connectivity index (χ0) is 18.2. The SMILES string of the molecule is COC(=O)NC(=O)[C@H](C)[NH+]1CC[NH+](CCOc2ccc(Cl)cc2)CC1. The Morgan fingerprint density at radius 1 is 1.20 bits per heavy atom. The van der Waals surface area contributed by atoms with E-state index in [1.54, 1.807) is 0 Å². The fraction of sp³-hybridized carbons (Fsp3) is 0.529. The Hall–Kier alpha value is -1.83. The molecule has 25 heavy (non-hydrogen) atoms. The van der Waals surface area contributed by atoms with E-state index >= 15 is 0 Å². The molecule has 3 N–H and O–H groups in total. The van der Waals surface area contributed by atoms with E-state index in [9.17, 15) is 9.59 Å². The van der Waals surface area contributed by atoms with Crippen molar-refractivity contribution in [2.24, 2.45) is 0 Å². The zero-order valence-electron chi connectivity index (χ0n) is 14.6. The Kier molecular flexibility index (Phi) is 7.49. The van der Waals surface area contributed by atoms with Gasteiger partial charge in [-0.15, -0.1) is 0 Å². The number of halogens is 1. The second-order valence-electron chi connectivity index (χ2n) is 6.16. The number of rotatable bonds is 6. The molecule has 0 radical (unpaired) electrons. The van der Waals surface area contributed by atoms with Crippen LogP contribution in [0, 0.1) is 0 Å². The topological polar surface area (TPSA) is 73.5 Å². The number of methoxy groups -OCH3 is 1. The minimum Gasteiger partial charge on any atom is -0.488 e. The van der Waals surface area contributed by atoms with Crippen LogP contribution in [0.1, 0.15) is 6.92 Å². The lowest BCUT2D eigenvalue weighted by Gasteiger charge is -2.32. The second-order valence-corrected chi connectivity index (χ2v) is 6.60. The van der Waals surface area contributed by atoms with Gasteiger partial charge in [0, 0.05) is 5.02 Å². The van der Waals surface area contributed by atoms with E-state index in [2.05, 4.69) is 10.1 Å². The van der Waals surface area contributed by atoms with Crippen molar-refractivity contribution in [1.82, 2.24) is 5.32 Å². The predicted molar refractivity (Wildman–Crippen MR) is 93.2 cm³/mol. The number of nitrogens with one attached hydrogen (secondary N) is 3. The lowest BCUT2D eigenvalue weighted by molar-refractivity contribution is -1.02. The van der Waals surface area contributed by atoms with Crippen LogP contribution < -0.4 is 19.9 Å². The summed E-state index contributed by atoms with van der Waals surface area (Å²) in [4.78, 5) is 25.7. The Labute approximate surface area is 152 Å². The van der Waals surface area contributed by atoms with Gasteiger partial charge in [0.2, 0.25) is 0 Å². The summed E-state index contributed by atoms with van der Waals surface area (Å²) >= 11 is 5.85. The van der Waals surface area contributed by atoms with Gasteiger partial charge >= 0.3 is 6.09 Å². The lowest BCUT2D eigenvalue weighted by atomic mass is 10.2. The van der Waals surface area contributed by atoms with Crippen molar-refractivity contribution in [3.63, 3.8) is 0 Å². The first kappa shape index (κ1) is 19.5. The Balaban J connectivity index is 1.67. The molecule has 0 aromatic heterocycles. The zero-order valence-corrected chi connectivity index (χ0v) is 15.4. The van der Waals surface area contributed by atoms with Crippen LogP contribution in [0.25, 0.3) is 0 Å². The van der Waals surface area contributed by atoms with Gasteiger partial charge in [-0.2, -0.15) is 0 Å². The maximum absolute atomic E-state index is 12.0. The van der Waals surface area contributed by atoms with E-state index in [1.165, 1.54) is 16.9 Å². The van der Waals surface area contributed by atoms with Crippen molar-refractivity contribution < 1.29 is 28.9 Å². The van der Waals surface area contributed by atoms with Crippen molar-refractivity contribution in [3.05, 3.63) is 29.3 Å². The number of piperazine rings is 1. The van der Waals surface area contributed by atoms with Crippen LogP contribution in [0.3, 0.4) is 0 Å².